The van der Waals surface area contributed by atoms with Crippen molar-refractivity contribution in [3.63, 3.8) is 0 Å². The highest BCUT2D eigenvalue weighted by Crippen LogP contribution is 2.26. The first-order chi connectivity index (χ1) is 11.6. The van der Waals surface area contributed by atoms with Crippen LogP contribution in [0.1, 0.15) is 44.4 Å². The van der Waals surface area contributed by atoms with Gasteiger partial charge in [-0.3, -0.25) is 0 Å². The van der Waals surface area contributed by atoms with Gasteiger partial charge in [-0.15, -0.1) is 0 Å². The third kappa shape index (κ3) is 3.61. The number of rotatable bonds is 5. The fraction of sp³-hybridized carbons (Fsp3) is 0.474. The largest absolute Gasteiger partial charge is 0.398 e. The molecule has 0 aliphatic carbocycles. The summed E-state index contributed by atoms with van der Waals surface area (Å²) in [6.45, 7) is 7.52. The maximum Gasteiger partial charge on any atom is 0.229 e. The van der Waals surface area contributed by atoms with E-state index >= 15 is 0 Å². The van der Waals surface area contributed by atoms with Crippen LogP contribution in [-0.4, -0.2) is 22.6 Å². The molecule has 0 bridgehead atoms. The van der Waals surface area contributed by atoms with E-state index in [-0.39, 0.29) is 0 Å². The van der Waals surface area contributed by atoms with E-state index in [4.69, 9.17) is 10.7 Å². The summed E-state index contributed by atoms with van der Waals surface area (Å²) < 4.78 is 0. The fourth-order valence-corrected chi connectivity index (χ4v) is 3.19. The van der Waals surface area contributed by atoms with E-state index in [2.05, 4.69) is 35.1 Å². The minimum absolute atomic E-state index is 0.539. The van der Waals surface area contributed by atoms with Crippen molar-refractivity contribution >= 4 is 23.1 Å². The molecule has 128 valence electrons. The Bertz CT molecular complexity index is 713. The number of nitrogens with zero attached hydrogens (tertiary/aromatic N) is 3. The average molecular weight is 325 g/mol. The maximum atomic E-state index is 6.01. The monoisotopic (exact) mass is 325 g/mol. The van der Waals surface area contributed by atoms with Gasteiger partial charge in [-0.25, -0.2) is 4.98 Å². The van der Waals surface area contributed by atoms with Crippen LogP contribution in [0.3, 0.4) is 0 Å². The summed E-state index contributed by atoms with van der Waals surface area (Å²) in [6, 6.07) is 8.64. The van der Waals surface area contributed by atoms with Gasteiger partial charge in [0.1, 0.15) is 5.82 Å². The second-order valence-corrected chi connectivity index (χ2v) is 6.67. The number of nitrogen functional groups attached to an aromatic ring is 1. The molecular weight excluding hydrogens is 298 g/mol. The van der Waals surface area contributed by atoms with Gasteiger partial charge in [0.15, 0.2) is 0 Å². The van der Waals surface area contributed by atoms with Gasteiger partial charge in [0, 0.05) is 35.7 Å². The molecule has 1 fully saturated rings. The molecule has 3 rings (SSSR count). The number of hydrogen-bond acceptors (Lipinski definition) is 5. The molecule has 24 heavy (non-hydrogen) atoms. The zero-order valence-electron chi connectivity index (χ0n) is 14.8. The number of hydrogen-bond donors (Lipinski definition) is 2. The summed E-state index contributed by atoms with van der Waals surface area (Å²) >= 11 is 0. The number of nitrogens with two attached hydrogens (primary N) is 1. The molecule has 0 saturated carbocycles. The summed E-state index contributed by atoms with van der Waals surface area (Å²) in [7, 11) is 0. The smallest absolute Gasteiger partial charge is 0.229 e. The van der Waals surface area contributed by atoms with Gasteiger partial charge in [0.25, 0.3) is 0 Å². The third-order valence-corrected chi connectivity index (χ3v) is 4.65. The highest BCUT2D eigenvalue weighted by atomic mass is 15.3. The van der Waals surface area contributed by atoms with Gasteiger partial charge in [0.05, 0.1) is 0 Å². The van der Waals surface area contributed by atoms with Gasteiger partial charge in [-0.05, 0) is 50.8 Å². The maximum absolute atomic E-state index is 6.01. The Kier molecular flexibility index (Phi) is 4.88. The van der Waals surface area contributed by atoms with E-state index in [9.17, 15) is 0 Å². The van der Waals surface area contributed by atoms with Crippen molar-refractivity contribution in [1.29, 1.82) is 0 Å². The molecule has 5 nitrogen and oxygen atoms in total. The number of anilines is 4. The van der Waals surface area contributed by atoms with Crippen molar-refractivity contribution in [3.05, 3.63) is 35.5 Å². The molecule has 3 N–H and O–H groups in total. The Morgan fingerprint density at radius 2 is 2.12 bits per heavy atom. The Labute approximate surface area is 144 Å². The van der Waals surface area contributed by atoms with E-state index in [0.29, 0.717) is 12.0 Å². The molecular formula is C19H27N5. The molecule has 1 aromatic carbocycles. The lowest BCUT2D eigenvalue weighted by atomic mass is 10.2. The lowest BCUT2D eigenvalue weighted by Gasteiger charge is -2.23. The molecule has 1 atom stereocenters. The summed E-state index contributed by atoms with van der Waals surface area (Å²) in [4.78, 5) is 11.8. The van der Waals surface area contributed by atoms with Crippen LogP contribution < -0.4 is 16.0 Å². The number of aryl methyl sites for hydroxylation is 2. The van der Waals surface area contributed by atoms with Gasteiger partial charge >= 0.3 is 0 Å². The quantitative estimate of drug-likeness (QED) is 0.812. The molecule has 1 aromatic heterocycles. The predicted octanol–water partition coefficient (Wildman–Crippen LogP) is 4.05. The second-order valence-electron chi connectivity index (χ2n) is 6.67. The summed E-state index contributed by atoms with van der Waals surface area (Å²) in [5.41, 5.74) is 9.87. The highest BCUT2D eigenvalue weighted by Gasteiger charge is 2.22. The third-order valence-electron chi connectivity index (χ3n) is 4.65. The van der Waals surface area contributed by atoms with E-state index < -0.39 is 0 Å². The highest BCUT2D eigenvalue weighted by molar-refractivity contribution is 5.63. The van der Waals surface area contributed by atoms with Crippen LogP contribution in [-0.2, 0) is 6.42 Å². The normalized spacial score (nSPS) is 17.3. The van der Waals surface area contributed by atoms with E-state index in [1.54, 1.807) is 0 Å². The minimum atomic E-state index is 0.539. The van der Waals surface area contributed by atoms with Gasteiger partial charge in [-0.2, -0.15) is 4.98 Å². The molecule has 2 aromatic rings. The average Bonchev–Trinajstić information content (AvgIpc) is 2.97. The molecule has 1 unspecified atom stereocenters. The van der Waals surface area contributed by atoms with Crippen molar-refractivity contribution in [3.8, 4) is 0 Å². The Morgan fingerprint density at radius 1 is 1.29 bits per heavy atom. The lowest BCUT2D eigenvalue weighted by molar-refractivity contribution is 0.724. The second kappa shape index (κ2) is 7.07. The summed E-state index contributed by atoms with van der Waals surface area (Å²) in [5.74, 6) is 1.68. The Morgan fingerprint density at radius 3 is 2.79 bits per heavy atom. The van der Waals surface area contributed by atoms with Crippen LogP contribution in [0.4, 0.5) is 23.1 Å². The van der Waals surface area contributed by atoms with Crippen LogP contribution >= 0.6 is 0 Å². The molecule has 1 aliphatic rings. The molecule has 0 amide bonds. The zero-order chi connectivity index (χ0) is 17.1. The van der Waals surface area contributed by atoms with Crippen molar-refractivity contribution in [1.82, 2.24) is 9.97 Å². The SMILES string of the molecule is CCCc1cc(N2CCCC2C)nc(Nc2ccc(C)c(N)c2)n1. The van der Waals surface area contributed by atoms with Crippen molar-refractivity contribution < 1.29 is 0 Å². The summed E-state index contributed by atoms with van der Waals surface area (Å²) in [6.07, 6.45) is 4.49. The molecule has 2 heterocycles. The number of benzene rings is 1. The molecule has 0 radical (unpaired) electrons. The van der Waals surface area contributed by atoms with Crippen molar-refractivity contribution in [2.75, 3.05) is 22.5 Å². The van der Waals surface area contributed by atoms with Gasteiger partial charge < -0.3 is 16.0 Å². The van der Waals surface area contributed by atoms with Crippen LogP contribution in [0.25, 0.3) is 0 Å². The van der Waals surface area contributed by atoms with Gasteiger partial charge in [-0.1, -0.05) is 19.4 Å². The first kappa shape index (κ1) is 16.6. The number of aromatic nitrogens is 2. The van der Waals surface area contributed by atoms with Gasteiger partial charge in [0.2, 0.25) is 5.95 Å². The topological polar surface area (TPSA) is 67.1 Å². The minimum Gasteiger partial charge on any atom is -0.398 e. The molecule has 0 spiro atoms. The number of nitrogens with one attached hydrogen (secondary N) is 1. The lowest BCUT2D eigenvalue weighted by Crippen LogP contribution is -2.27. The Balaban J connectivity index is 1.90. The summed E-state index contributed by atoms with van der Waals surface area (Å²) in [5, 5.41) is 3.32. The van der Waals surface area contributed by atoms with Crippen molar-refractivity contribution in [2.45, 2.75) is 52.5 Å². The van der Waals surface area contributed by atoms with Crippen LogP contribution in [0.5, 0.6) is 0 Å². The van der Waals surface area contributed by atoms with Crippen LogP contribution in [0.15, 0.2) is 24.3 Å². The van der Waals surface area contributed by atoms with Crippen molar-refractivity contribution in [2.24, 2.45) is 0 Å². The van der Waals surface area contributed by atoms with E-state index in [0.717, 1.165) is 47.8 Å². The van der Waals surface area contributed by atoms with Crippen LogP contribution in [0, 0.1) is 6.92 Å². The molecule has 5 heteroatoms. The first-order valence-corrected chi connectivity index (χ1v) is 8.84. The molecule has 1 saturated heterocycles. The molecule has 1 aliphatic heterocycles. The Hall–Kier alpha value is -2.30. The predicted molar refractivity (Wildman–Crippen MR) is 101 cm³/mol. The fourth-order valence-electron chi connectivity index (χ4n) is 3.19. The van der Waals surface area contributed by atoms with E-state index in [1.807, 2.05) is 25.1 Å². The van der Waals surface area contributed by atoms with Crippen LogP contribution in [0.2, 0.25) is 0 Å². The zero-order valence-corrected chi connectivity index (χ0v) is 14.8. The standard InChI is InChI=1S/C19H27N5/c1-4-6-15-12-18(24-10-5-7-14(24)3)23-19(21-15)22-16-9-8-13(2)17(20)11-16/h8-9,11-12,14H,4-7,10,20H2,1-3H3,(H,21,22,23). The first-order valence-electron chi connectivity index (χ1n) is 8.84. The van der Waals surface area contributed by atoms with E-state index in [1.165, 1.54) is 12.8 Å².